The van der Waals surface area contributed by atoms with Crippen molar-refractivity contribution in [2.24, 2.45) is 0 Å². The van der Waals surface area contributed by atoms with Crippen LogP contribution in [-0.4, -0.2) is 35.7 Å². The fourth-order valence-electron chi connectivity index (χ4n) is 2.89. The topological polar surface area (TPSA) is 56.1 Å². The van der Waals surface area contributed by atoms with Gasteiger partial charge in [-0.3, -0.25) is 9.20 Å². The minimum atomic E-state index is -0.198. The summed E-state index contributed by atoms with van der Waals surface area (Å²) in [5.41, 5.74) is 2.40. The van der Waals surface area contributed by atoms with Gasteiger partial charge in [-0.05, 0) is 17.7 Å². The molecule has 0 amide bonds. The second kappa shape index (κ2) is 6.94. The Bertz CT molecular complexity index is 918. The second-order valence-electron chi connectivity index (χ2n) is 5.92. The maximum absolute atomic E-state index is 12.7. The van der Waals surface area contributed by atoms with Crippen molar-refractivity contribution in [1.29, 1.82) is 0 Å². The third-order valence-corrected chi connectivity index (χ3v) is 4.27. The van der Waals surface area contributed by atoms with Gasteiger partial charge in [-0.15, -0.1) is 0 Å². The first-order valence-electron chi connectivity index (χ1n) is 8.32. The molecular weight excluding hydrogens is 318 g/mol. The SMILES string of the molecule is O=c1c(OCc2ccccc2)cnc2ccc(N3CCOCC3)cn12. The maximum Gasteiger partial charge on any atom is 0.300 e. The first-order chi connectivity index (χ1) is 12.3. The Balaban J connectivity index is 1.62. The average Bonchev–Trinajstić information content (AvgIpc) is 2.69. The molecule has 6 nitrogen and oxygen atoms in total. The standard InChI is InChI=1S/C19H19N3O3/c23-19-17(25-14-15-4-2-1-3-5-15)12-20-18-7-6-16(13-22(18)19)21-8-10-24-11-9-21/h1-7,12-13H,8-11,14H2. The van der Waals surface area contributed by atoms with E-state index in [2.05, 4.69) is 9.88 Å². The number of ether oxygens (including phenoxy) is 2. The summed E-state index contributed by atoms with van der Waals surface area (Å²) in [4.78, 5) is 19.3. The summed E-state index contributed by atoms with van der Waals surface area (Å²) in [6.45, 7) is 3.37. The first-order valence-corrected chi connectivity index (χ1v) is 8.32. The quantitative estimate of drug-likeness (QED) is 0.730. The molecule has 6 heteroatoms. The Morgan fingerprint density at radius 1 is 1.08 bits per heavy atom. The molecule has 0 unspecified atom stereocenters. The van der Waals surface area contributed by atoms with Gasteiger partial charge in [0.05, 0.1) is 25.1 Å². The van der Waals surface area contributed by atoms with Crippen molar-refractivity contribution in [2.45, 2.75) is 6.61 Å². The molecule has 0 saturated carbocycles. The van der Waals surface area contributed by atoms with Crippen LogP contribution in [0.5, 0.6) is 5.75 Å². The monoisotopic (exact) mass is 337 g/mol. The lowest BCUT2D eigenvalue weighted by Crippen LogP contribution is -2.36. The smallest absolute Gasteiger partial charge is 0.300 e. The summed E-state index contributed by atoms with van der Waals surface area (Å²) in [5.74, 6) is 0.250. The van der Waals surface area contributed by atoms with Crippen LogP contribution in [0.15, 0.2) is 59.7 Å². The zero-order valence-corrected chi connectivity index (χ0v) is 13.8. The van der Waals surface area contributed by atoms with Crippen molar-refractivity contribution in [3.8, 4) is 5.75 Å². The molecule has 0 N–H and O–H groups in total. The highest BCUT2D eigenvalue weighted by atomic mass is 16.5. The van der Waals surface area contributed by atoms with Crippen molar-refractivity contribution >= 4 is 11.3 Å². The zero-order valence-electron chi connectivity index (χ0n) is 13.8. The molecule has 1 fully saturated rings. The molecule has 128 valence electrons. The van der Waals surface area contributed by atoms with Crippen molar-refractivity contribution in [1.82, 2.24) is 9.38 Å². The van der Waals surface area contributed by atoms with Crippen LogP contribution in [0, 0.1) is 0 Å². The number of hydrogen-bond acceptors (Lipinski definition) is 5. The summed E-state index contributed by atoms with van der Waals surface area (Å²) in [6, 6.07) is 13.6. The molecule has 1 aliphatic heterocycles. The molecule has 0 radical (unpaired) electrons. The number of anilines is 1. The van der Waals surface area contributed by atoms with E-state index in [9.17, 15) is 4.79 Å². The maximum atomic E-state index is 12.7. The van der Waals surface area contributed by atoms with Crippen molar-refractivity contribution < 1.29 is 9.47 Å². The fourth-order valence-corrected chi connectivity index (χ4v) is 2.89. The number of rotatable bonds is 4. The van der Waals surface area contributed by atoms with E-state index in [1.807, 2.05) is 48.7 Å². The fraction of sp³-hybridized carbons (Fsp3) is 0.263. The Kier molecular flexibility index (Phi) is 4.35. The molecular formula is C19H19N3O3. The number of nitrogens with zero attached hydrogens (tertiary/aromatic N) is 3. The van der Waals surface area contributed by atoms with Crippen LogP contribution in [0.2, 0.25) is 0 Å². The van der Waals surface area contributed by atoms with E-state index in [-0.39, 0.29) is 11.3 Å². The van der Waals surface area contributed by atoms with Crippen molar-refractivity contribution in [2.75, 3.05) is 31.2 Å². The first kappa shape index (κ1) is 15.7. The van der Waals surface area contributed by atoms with E-state index in [1.54, 1.807) is 4.40 Å². The van der Waals surface area contributed by atoms with E-state index in [0.717, 1.165) is 24.3 Å². The van der Waals surface area contributed by atoms with Crippen LogP contribution in [0.25, 0.3) is 5.65 Å². The number of morpholine rings is 1. The van der Waals surface area contributed by atoms with Crippen molar-refractivity contribution in [3.63, 3.8) is 0 Å². The van der Waals surface area contributed by atoms with Crippen LogP contribution in [0.4, 0.5) is 5.69 Å². The lowest BCUT2D eigenvalue weighted by Gasteiger charge is -2.28. The molecule has 3 heterocycles. The number of hydrogen-bond donors (Lipinski definition) is 0. The molecule has 0 atom stereocenters. The molecule has 0 aliphatic carbocycles. The largest absolute Gasteiger partial charge is 0.482 e. The number of benzene rings is 1. The molecule has 1 aromatic carbocycles. The van der Waals surface area contributed by atoms with Gasteiger partial charge in [0, 0.05) is 19.3 Å². The van der Waals surface area contributed by atoms with Gasteiger partial charge in [0.15, 0.2) is 0 Å². The normalized spacial score (nSPS) is 14.6. The van der Waals surface area contributed by atoms with Crippen LogP contribution in [0.1, 0.15) is 5.56 Å². The van der Waals surface area contributed by atoms with Crippen LogP contribution >= 0.6 is 0 Å². The Morgan fingerprint density at radius 3 is 2.68 bits per heavy atom. The number of aromatic nitrogens is 2. The minimum absolute atomic E-state index is 0.198. The molecule has 1 aliphatic rings. The molecule has 25 heavy (non-hydrogen) atoms. The summed E-state index contributed by atoms with van der Waals surface area (Å²) in [7, 11) is 0. The highest BCUT2D eigenvalue weighted by Crippen LogP contribution is 2.17. The zero-order chi connectivity index (χ0) is 17.1. The lowest BCUT2D eigenvalue weighted by molar-refractivity contribution is 0.122. The van der Waals surface area contributed by atoms with E-state index in [1.165, 1.54) is 6.20 Å². The van der Waals surface area contributed by atoms with Crippen LogP contribution < -0.4 is 15.2 Å². The Labute approximate surface area is 145 Å². The molecule has 4 rings (SSSR count). The average molecular weight is 337 g/mol. The van der Waals surface area contributed by atoms with Crippen LogP contribution in [0.3, 0.4) is 0 Å². The van der Waals surface area contributed by atoms with Gasteiger partial charge in [-0.25, -0.2) is 4.98 Å². The predicted octanol–water partition coefficient (Wildman–Crippen LogP) is 2.11. The van der Waals surface area contributed by atoms with Gasteiger partial charge in [-0.1, -0.05) is 30.3 Å². The summed E-state index contributed by atoms with van der Waals surface area (Å²) in [5, 5.41) is 0. The predicted molar refractivity (Wildman–Crippen MR) is 95.3 cm³/mol. The Hall–Kier alpha value is -2.86. The summed E-state index contributed by atoms with van der Waals surface area (Å²) >= 11 is 0. The van der Waals surface area contributed by atoms with Crippen LogP contribution in [-0.2, 0) is 11.3 Å². The Morgan fingerprint density at radius 2 is 1.88 bits per heavy atom. The van der Waals surface area contributed by atoms with Gasteiger partial charge in [-0.2, -0.15) is 0 Å². The molecule has 0 bridgehead atoms. The summed E-state index contributed by atoms with van der Waals surface area (Å²) in [6.07, 6.45) is 3.32. The highest BCUT2D eigenvalue weighted by molar-refractivity contribution is 5.52. The molecule has 0 spiro atoms. The molecule has 2 aromatic heterocycles. The third-order valence-electron chi connectivity index (χ3n) is 4.27. The van der Waals surface area contributed by atoms with Gasteiger partial charge >= 0.3 is 0 Å². The van der Waals surface area contributed by atoms with E-state index in [4.69, 9.17) is 9.47 Å². The van der Waals surface area contributed by atoms with Crippen molar-refractivity contribution in [3.05, 3.63) is 70.8 Å². The highest BCUT2D eigenvalue weighted by Gasteiger charge is 2.13. The summed E-state index contributed by atoms with van der Waals surface area (Å²) < 4.78 is 12.6. The van der Waals surface area contributed by atoms with Gasteiger partial charge in [0.1, 0.15) is 12.3 Å². The van der Waals surface area contributed by atoms with E-state index in [0.29, 0.717) is 25.5 Å². The lowest BCUT2D eigenvalue weighted by atomic mass is 10.2. The molecule has 1 saturated heterocycles. The van der Waals surface area contributed by atoms with Gasteiger partial charge in [0.2, 0.25) is 5.75 Å². The number of fused-ring (bicyclic) bond motifs is 1. The van der Waals surface area contributed by atoms with Gasteiger partial charge < -0.3 is 14.4 Å². The van der Waals surface area contributed by atoms with E-state index < -0.39 is 0 Å². The minimum Gasteiger partial charge on any atom is -0.482 e. The van der Waals surface area contributed by atoms with E-state index >= 15 is 0 Å². The second-order valence-corrected chi connectivity index (χ2v) is 5.92. The number of pyridine rings is 1. The third kappa shape index (κ3) is 3.34. The molecule has 3 aromatic rings. The van der Waals surface area contributed by atoms with Gasteiger partial charge in [0.25, 0.3) is 5.56 Å².